The maximum Gasteiger partial charge on any atom is 0.311 e. The Hall–Kier alpha value is -1.21. The number of anilines is 1. The molecule has 0 aromatic carbocycles. The lowest BCUT2D eigenvalue weighted by Gasteiger charge is -2.13. The zero-order valence-corrected chi connectivity index (χ0v) is 11.0. The van der Waals surface area contributed by atoms with E-state index in [0.717, 1.165) is 0 Å². The third-order valence-electron chi connectivity index (χ3n) is 2.33. The molecular formula is C10H14BrN3O3. The molecular weight excluding hydrogens is 290 g/mol. The Morgan fingerprint density at radius 1 is 1.65 bits per heavy atom. The Bertz CT molecular complexity index is 400. The van der Waals surface area contributed by atoms with Gasteiger partial charge in [0.15, 0.2) is 0 Å². The highest BCUT2D eigenvalue weighted by molar-refractivity contribution is 9.10. The number of aliphatic hydroxyl groups is 1. The van der Waals surface area contributed by atoms with E-state index < -0.39 is 4.92 Å². The first-order chi connectivity index (χ1) is 8.06. The fraction of sp³-hybridized carbons (Fsp3) is 0.500. The van der Waals surface area contributed by atoms with Gasteiger partial charge in [-0.05, 0) is 28.3 Å². The fourth-order valence-corrected chi connectivity index (χ4v) is 1.80. The molecule has 1 aromatic heterocycles. The summed E-state index contributed by atoms with van der Waals surface area (Å²) in [6.07, 6.45) is 3.37. The summed E-state index contributed by atoms with van der Waals surface area (Å²) in [6, 6.07) is 0. The molecule has 1 atom stereocenters. The monoisotopic (exact) mass is 303 g/mol. The van der Waals surface area contributed by atoms with Crippen molar-refractivity contribution in [1.82, 2.24) is 4.98 Å². The smallest absolute Gasteiger partial charge is 0.311 e. The van der Waals surface area contributed by atoms with Gasteiger partial charge in [0, 0.05) is 19.3 Å². The molecule has 0 aliphatic rings. The minimum absolute atomic E-state index is 0.0597. The molecule has 1 rings (SSSR count). The van der Waals surface area contributed by atoms with Crippen molar-refractivity contribution >= 4 is 27.3 Å². The molecule has 0 bridgehead atoms. The molecule has 94 valence electrons. The van der Waals surface area contributed by atoms with Crippen molar-refractivity contribution in [3.63, 3.8) is 0 Å². The van der Waals surface area contributed by atoms with E-state index in [-0.39, 0.29) is 18.2 Å². The van der Waals surface area contributed by atoms with Crippen LogP contribution in [0.1, 0.15) is 13.3 Å². The van der Waals surface area contributed by atoms with Gasteiger partial charge >= 0.3 is 5.69 Å². The molecule has 0 spiro atoms. The van der Waals surface area contributed by atoms with Gasteiger partial charge in [-0.15, -0.1) is 0 Å². The summed E-state index contributed by atoms with van der Waals surface area (Å²) in [5.41, 5.74) is 0.366. The van der Waals surface area contributed by atoms with Crippen molar-refractivity contribution in [2.24, 2.45) is 5.92 Å². The minimum atomic E-state index is -0.475. The van der Waals surface area contributed by atoms with Crippen molar-refractivity contribution in [3.05, 3.63) is 27.0 Å². The third kappa shape index (κ3) is 3.94. The molecule has 1 unspecified atom stereocenters. The Morgan fingerprint density at radius 2 is 2.35 bits per heavy atom. The van der Waals surface area contributed by atoms with E-state index in [2.05, 4.69) is 26.2 Å². The molecule has 1 aromatic rings. The highest BCUT2D eigenvalue weighted by atomic mass is 79.9. The summed E-state index contributed by atoms with van der Waals surface area (Å²) < 4.78 is 0.558. The Balaban J connectivity index is 2.79. The quantitative estimate of drug-likeness (QED) is 0.621. The van der Waals surface area contributed by atoms with Gasteiger partial charge in [-0.2, -0.15) is 0 Å². The SMILES string of the molecule is CC(CCO)CNc1c(Br)cncc1[N+](=O)[O-]. The molecule has 0 saturated heterocycles. The largest absolute Gasteiger partial charge is 0.396 e. The summed E-state index contributed by atoms with van der Waals surface area (Å²) in [4.78, 5) is 14.1. The lowest BCUT2D eigenvalue weighted by Crippen LogP contribution is -2.14. The first-order valence-electron chi connectivity index (χ1n) is 5.19. The van der Waals surface area contributed by atoms with E-state index in [1.54, 1.807) is 0 Å². The number of pyridine rings is 1. The zero-order valence-electron chi connectivity index (χ0n) is 9.39. The van der Waals surface area contributed by atoms with Crippen LogP contribution in [0.15, 0.2) is 16.9 Å². The van der Waals surface area contributed by atoms with Crippen LogP contribution in [-0.2, 0) is 0 Å². The number of aliphatic hydroxyl groups excluding tert-OH is 1. The van der Waals surface area contributed by atoms with Crippen LogP contribution in [0.2, 0.25) is 0 Å². The number of halogens is 1. The van der Waals surface area contributed by atoms with Crippen LogP contribution in [-0.4, -0.2) is 28.2 Å². The third-order valence-corrected chi connectivity index (χ3v) is 2.93. The van der Waals surface area contributed by atoms with E-state index in [1.807, 2.05) is 6.92 Å². The average Bonchev–Trinajstić information content (AvgIpc) is 2.27. The lowest BCUT2D eigenvalue weighted by atomic mass is 10.1. The van der Waals surface area contributed by atoms with Gasteiger partial charge in [0.25, 0.3) is 0 Å². The standard InChI is InChI=1S/C10H14BrN3O3/c1-7(2-3-15)4-13-10-8(11)5-12-6-9(10)14(16)17/h5-7,15H,2-4H2,1H3,(H,12,13). The molecule has 6 nitrogen and oxygen atoms in total. The summed E-state index contributed by atoms with van der Waals surface area (Å²) in [6.45, 7) is 2.64. The normalized spacial score (nSPS) is 12.2. The van der Waals surface area contributed by atoms with Crippen LogP contribution in [0.4, 0.5) is 11.4 Å². The lowest BCUT2D eigenvalue weighted by molar-refractivity contribution is -0.384. The molecule has 0 saturated carbocycles. The number of nitrogens with one attached hydrogen (secondary N) is 1. The van der Waals surface area contributed by atoms with Crippen LogP contribution in [0, 0.1) is 16.0 Å². The molecule has 0 aliphatic carbocycles. The van der Waals surface area contributed by atoms with Crippen molar-refractivity contribution < 1.29 is 10.0 Å². The minimum Gasteiger partial charge on any atom is -0.396 e. The van der Waals surface area contributed by atoms with Crippen LogP contribution >= 0.6 is 15.9 Å². The van der Waals surface area contributed by atoms with Crippen molar-refractivity contribution in [3.8, 4) is 0 Å². The Labute approximate surface area is 107 Å². The number of hydrogen-bond acceptors (Lipinski definition) is 5. The predicted molar refractivity (Wildman–Crippen MR) is 67.9 cm³/mol. The first kappa shape index (κ1) is 13.9. The van der Waals surface area contributed by atoms with Gasteiger partial charge < -0.3 is 10.4 Å². The summed E-state index contributed by atoms with van der Waals surface area (Å²) in [5.74, 6) is 0.236. The second kappa shape index (κ2) is 6.51. The highest BCUT2D eigenvalue weighted by Gasteiger charge is 2.17. The number of nitrogens with zero attached hydrogens (tertiary/aromatic N) is 2. The van der Waals surface area contributed by atoms with Gasteiger partial charge in [-0.3, -0.25) is 15.1 Å². The Morgan fingerprint density at radius 3 is 2.94 bits per heavy atom. The second-order valence-electron chi connectivity index (χ2n) is 3.77. The van der Waals surface area contributed by atoms with E-state index >= 15 is 0 Å². The molecule has 2 N–H and O–H groups in total. The zero-order chi connectivity index (χ0) is 12.8. The molecule has 7 heteroatoms. The van der Waals surface area contributed by atoms with Crippen LogP contribution in [0.5, 0.6) is 0 Å². The highest BCUT2D eigenvalue weighted by Crippen LogP contribution is 2.31. The number of hydrogen-bond donors (Lipinski definition) is 2. The second-order valence-corrected chi connectivity index (χ2v) is 4.63. The van der Waals surface area contributed by atoms with Gasteiger partial charge in [-0.1, -0.05) is 6.92 Å². The molecule has 0 fully saturated rings. The van der Waals surface area contributed by atoms with E-state index in [0.29, 0.717) is 23.1 Å². The number of nitro groups is 1. The summed E-state index contributed by atoms with van der Waals surface area (Å²) >= 11 is 3.23. The summed E-state index contributed by atoms with van der Waals surface area (Å²) in [7, 11) is 0. The first-order valence-corrected chi connectivity index (χ1v) is 5.98. The molecule has 0 amide bonds. The van der Waals surface area contributed by atoms with Crippen molar-refractivity contribution in [1.29, 1.82) is 0 Å². The average molecular weight is 304 g/mol. The molecule has 17 heavy (non-hydrogen) atoms. The molecule has 0 radical (unpaired) electrons. The summed E-state index contributed by atoms with van der Waals surface area (Å²) in [5, 5.41) is 22.6. The van der Waals surface area contributed by atoms with Crippen LogP contribution in [0.25, 0.3) is 0 Å². The topological polar surface area (TPSA) is 88.3 Å². The van der Waals surface area contributed by atoms with E-state index in [9.17, 15) is 10.1 Å². The van der Waals surface area contributed by atoms with Crippen LogP contribution < -0.4 is 5.32 Å². The van der Waals surface area contributed by atoms with Crippen molar-refractivity contribution in [2.75, 3.05) is 18.5 Å². The number of aromatic nitrogens is 1. The Kier molecular flexibility index (Phi) is 5.30. The van der Waals surface area contributed by atoms with Gasteiger partial charge in [0.05, 0.1) is 9.40 Å². The maximum absolute atomic E-state index is 10.8. The fourth-order valence-electron chi connectivity index (χ4n) is 1.34. The molecule has 0 aliphatic heterocycles. The maximum atomic E-state index is 10.8. The number of rotatable bonds is 6. The van der Waals surface area contributed by atoms with Gasteiger partial charge in [0.2, 0.25) is 0 Å². The van der Waals surface area contributed by atoms with Gasteiger partial charge in [0.1, 0.15) is 11.9 Å². The molecule has 1 heterocycles. The van der Waals surface area contributed by atoms with Crippen LogP contribution in [0.3, 0.4) is 0 Å². The van der Waals surface area contributed by atoms with E-state index in [4.69, 9.17) is 5.11 Å². The predicted octanol–water partition coefficient (Wildman–Crippen LogP) is 2.18. The van der Waals surface area contributed by atoms with E-state index in [1.165, 1.54) is 12.4 Å². The van der Waals surface area contributed by atoms with Gasteiger partial charge in [-0.25, -0.2) is 0 Å². The van der Waals surface area contributed by atoms with Crippen molar-refractivity contribution in [2.45, 2.75) is 13.3 Å².